The van der Waals surface area contributed by atoms with E-state index in [-0.39, 0.29) is 5.56 Å². The minimum Gasteiger partial charge on any atom is -0.381 e. The molecule has 33 heavy (non-hydrogen) atoms. The lowest BCUT2D eigenvalue weighted by Crippen LogP contribution is -2.47. The van der Waals surface area contributed by atoms with Crippen molar-refractivity contribution in [3.63, 3.8) is 0 Å². The van der Waals surface area contributed by atoms with Crippen molar-refractivity contribution in [2.45, 2.75) is 31.0 Å². The molecule has 0 radical (unpaired) electrons. The summed E-state index contributed by atoms with van der Waals surface area (Å²) >= 11 is 0. The Balaban J connectivity index is 1.49. The Labute approximate surface area is 187 Å². The molecule has 1 aliphatic rings. The predicted molar refractivity (Wildman–Crippen MR) is 118 cm³/mol. The SMILES string of the molecule is OC(CNc1cccc2c1CCC2)(c1ccc2c(cnn2-c2ccc(F)cc2)c1)C(F)(F)F. The van der Waals surface area contributed by atoms with Gasteiger partial charge in [0, 0.05) is 11.1 Å². The quantitative estimate of drug-likeness (QED) is 0.390. The van der Waals surface area contributed by atoms with E-state index in [4.69, 9.17) is 0 Å². The summed E-state index contributed by atoms with van der Waals surface area (Å²) in [5, 5.41) is 18.4. The van der Waals surface area contributed by atoms with Gasteiger partial charge < -0.3 is 10.4 Å². The second-order valence-electron chi connectivity index (χ2n) is 8.31. The number of nitrogens with zero attached hydrogens (tertiary/aromatic N) is 2. The molecule has 0 spiro atoms. The van der Waals surface area contributed by atoms with E-state index in [1.807, 2.05) is 12.1 Å². The molecule has 8 heteroatoms. The molecule has 0 amide bonds. The third-order valence-electron chi connectivity index (χ3n) is 6.27. The number of aromatic nitrogens is 2. The number of rotatable bonds is 5. The van der Waals surface area contributed by atoms with Gasteiger partial charge in [0.25, 0.3) is 0 Å². The van der Waals surface area contributed by atoms with Gasteiger partial charge in [-0.2, -0.15) is 18.3 Å². The van der Waals surface area contributed by atoms with Gasteiger partial charge in [0.2, 0.25) is 5.60 Å². The van der Waals surface area contributed by atoms with E-state index in [1.54, 1.807) is 6.07 Å². The first-order valence-corrected chi connectivity index (χ1v) is 10.6. The van der Waals surface area contributed by atoms with Gasteiger partial charge >= 0.3 is 6.18 Å². The van der Waals surface area contributed by atoms with Crippen molar-refractivity contribution in [2.75, 3.05) is 11.9 Å². The zero-order valence-electron chi connectivity index (χ0n) is 17.5. The zero-order chi connectivity index (χ0) is 23.2. The van der Waals surface area contributed by atoms with Crippen molar-refractivity contribution >= 4 is 16.6 Å². The molecule has 0 aliphatic heterocycles. The van der Waals surface area contributed by atoms with Crippen molar-refractivity contribution in [2.24, 2.45) is 0 Å². The summed E-state index contributed by atoms with van der Waals surface area (Å²) in [6.45, 7) is -0.718. The summed E-state index contributed by atoms with van der Waals surface area (Å²) in [6, 6.07) is 15.2. The topological polar surface area (TPSA) is 50.1 Å². The number of anilines is 1. The van der Waals surface area contributed by atoms with Crippen LogP contribution in [0.4, 0.5) is 23.2 Å². The lowest BCUT2D eigenvalue weighted by molar-refractivity contribution is -0.260. The molecule has 0 saturated carbocycles. The Morgan fingerprint density at radius 2 is 1.79 bits per heavy atom. The zero-order valence-corrected chi connectivity index (χ0v) is 17.5. The molecular formula is C25H21F4N3O. The summed E-state index contributed by atoms with van der Waals surface area (Å²) in [4.78, 5) is 0. The van der Waals surface area contributed by atoms with E-state index in [2.05, 4.69) is 10.4 Å². The fourth-order valence-electron chi connectivity index (χ4n) is 4.45. The fourth-order valence-corrected chi connectivity index (χ4v) is 4.45. The van der Waals surface area contributed by atoms with Gasteiger partial charge in [0.1, 0.15) is 5.82 Å². The van der Waals surface area contributed by atoms with Crippen LogP contribution in [0.15, 0.2) is 66.9 Å². The van der Waals surface area contributed by atoms with Crippen LogP contribution >= 0.6 is 0 Å². The van der Waals surface area contributed by atoms with E-state index in [0.29, 0.717) is 22.3 Å². The highest BCUT2D eigenvalue weighted by Gasteiger charge is 2.55. The lowest BCUT2D eigenvalue weighted by atomic mass is 9.91. The van der Waals surface area contributed by atoms with Crippen molar-refractivity contribution in [1.29, 1.82) is 0 Å². The first kappa shape index (κ1) is 21.5. The Morgan fingerprint density at radius 3 is 2.55 bits per heavy atom. The van der Waals surface area contributed by atoms with Crippen LogP contribution in [0.1, 0.15) is 23.1 Å². The summed E-state index contributed by atoms with van der Waals surface area (Å²) in [5.74, 6) is -0.399. The number of alkyl halides is 3. The van der Waals surface area contributed by atoms with Gasteiger partial charge in [-0.15, -0.1) is 0 Å². The first-order chi connectivity index (χ1) is 15.8. The Hall–Kier alpha value is -3.39. The van der Waals surface area contributed by atoms with E-state index >= 15 is 0 Å². The van der Waals surface area contributed by atoms with Crippen LogP contribution < -0.4 is 5.32 Å². The Bertz CT molecular complexity index is 1310. The molecule has 1 heterocycles. The molecule has 1 aromatic heterocycles. The van der Waals surface area contributed by atoms with E-state index in [0.717, 1.165) is 30.4 Å². The third kappa shape index (κ3) is 3.74. The minimum atomic E-state index is -4.90. The van der Waals surface area contributed by atoms with Crippen LogP contribution in [-0.2, 0) is 18.4 Å². The van der Waals surface area contributed by atoms with E-state index in [1.165, 1.54) is 53.3 Å². The highest BCUT2D eigenvalue weighted by Crippen LogP contribution is 2.41. The molecule has 170 valence electrons. The van der Waals surface area contributed by atoms with Crippen molar-refractivity contribution in [1.82, 2.24) is 9.78 Å². The maximum Gasteiger partial charge on any atom is 0.423 e. The number of hydrogen-bond acceptors (Lipinski definition) is 3. The van der Waals surface area contributed by atoms with Crippen LogP contribution in [0.25, 0.3) is 16.6 Å². The van der Waals surface area contributed by atoms with Crippen LogP contribution in [0.5, 0.6) is 0 Å². The average molecular weight is 455 g/mol. The number of hydrogen-bond donors (Lipinski definition) is 2. The highest BCUT2D eigenvalue weighted by atomic mass is 19.4. The highest BCUT2D eigenvalue weighted by molar-refractivity contribution is 5.81. The largest absolute Gasteiger partial charge is 0.423 e. The second kappa shape index (κ2) is 7.88. The Kier molecular flexibility index (Phi) is 5.12. The smallest absolute Gasteiger partial charge is 0.381 e. The summed E-state index contributed by atoms with van der Waals surface area (Å²) in [6.07, 6.45) is -0.804. The summed E-state index contributed by atoms with van der Waals surface area (Å²) in [5.41, 5.74) is 0.511. The monoisotopic (exact) mass is 455 g/mol. The molecule has 5 rings (SSSR count). The van der Waals surface area contributed by atoms with Gasteiger partial charge in [-0.1, -0.05) is 18.2 Å². The lowest BCUT2D eigenvalue weighted by Gasteiger charge is -2.32. The van der Waals surface area contributed by atoms with E-state index < -0.39 is 24.1 Å². The van der Waals surface area contributed by atoms with Crippen LogP contribution in [0.3, 0.4) is 0 Å². The molecule has 1 atom stereocenters. The molecule has 3 aromatic carbocycles. The molecule has 2 N–H and O–H groups in total. The summed E-state index contributed by atoms with van der Waals surface area (Å²) < 4.78 is 57.1. The summed E-state index contributed by atoms with van der Waals surface area (Å²) in [7, 11) is 0. The van der Waals surface area contributed by atoms with Crippen molar-refractivity contribution in [3.05, 3.63) is 89.4 Å². The van der Waals surface area contributed by atoms with Gasteiger partial charge in [-0.05, 0) is 78.4 Å². The van der Waals surface area contributed by atoms with Gasteiger partial charge in [0.05, 0.1) is 23.9 Å². The molecule has 0 bridgehead atoms. The van der Waals surface area contributed by atoms with Crippen LogP contribution in [0.2, 0.25) is 0 Å². The van der Waals surface area contributed by atoms with E-state index in [9.17, 15) is 22.7 Å². The average Bonchev–Trinajstić information content (AvgIpc) is 3.44. The maximum absolute atomic E-state index is 14.1. The van der Waals surface area contributed by atoms with Gasteiger partial charge in [-0.3, -0.25) is 0 Å². The normalized spacial score (nSPS) is 15.4. The predicted octanol–water partition coefficient (Wildman–Crippen LogP) is 5.52. The number of fused-ring (bicyclic) bond motifs is 2. The maximum atomic E-state index is 14.1. The van der Waals surface area contributed by atoms with Crippen LogP contribution in [0, 0.1) is 5.82 Å². The molecule has 0 fully saturated rings. The first-order valence-electron chi connectivity index (χ1n) is 10.6. The molecular weight excluding hydrogens is 434 g/mol. The molecule has 1 unspecified atom stereocenters. The Morgan fingerprint density at radius 1 is 1.00 bits per heavy atom. The van der Waals surface area contributed by atoms with Crippen molar-refractivity contribution < 1.29 is 22.7 Å². The van der Waals surface area contributed by atoms with Gasteiger partial charge in [0.15, 0.2) is 0 Å². The number of aliphatic hydroxyl groups is 1. The number of halogens is 4. The molecule has 0 saturated heterocycles. The minimum absolute atomic E-state index is 0.277. The molecule has 4 nitrogen and oxygen atoms in total. The molecule has 4 aromatic rings. The number of nitrogens with one attached hydrogen (secondary N) is 1. The third-order valence-corrected chi connectivity index (χ3v) is 6.27. The number of aryl methyl sites for hydroxylation is 1. The van der Waals surface area contributed by atoms with Crippen molar-refractivity contribution in [3.8, 4) is 5.69 Å². The number of benzene rings is 3. The second-order valence-corrected chi connectivity index (χ2v) is 8.31. The fraction of sp³-hybridized carbons (Fsp3) is 0.240. The van der Waals surface area contributed by atoms with Gasteiger partial charge in [-0.25, -0.2) is 9.07 Å². The van der Waals surface area contributed by atoms with Crippen LogP contribution in [-0.4, -0.2) is 27.6 Å². The molecule has 1 aliphatic carbocycles. The standard InChI is InChI=1S/C25H21F4N3O/c26-19-8-10-20(11-9-19)32-23-12-7-18(13-17(23)14-31-32)24(33,25(27,28)29)15-30-22-6-2-4-16-3-1-5-21(16)22/h2,4,6-14,30,33H,1,3,5,15H2.